The Morgan fingerprint density at radius 1 is 1.27 bits per heavy atom. The van der Waals surface area contributed by atoms with E-state index < -0.39 is 0 Å². The minimum atomic E-state index is 0. The van der Waals surface area contributed by atoms with Crippen LogP contribution in [-0.2, 0) is 6.54 Å². The number of nitrogens with one attached hydrogen (secondary N) is 1. The lowest BCUT2D eigenvalue weighted by atomic mass is 10.0. The second-order valence-electron chi connectivity index (χ2n) is 5.91. The zero-order valence-corrected chi connectivity index (χ0v) is 14.1. The van der Waals surface area contributed by atoms with Crippen molar-refractivity contribution >= 4 is 12.4 Å². The highest BCUT2D eigenvalue weighted by molar-refractivity contribution is 5.85. The SMILES string of the molecule is Cc1ccc(CN2CCNCC2c2cccnc2)c(C)c1.Cl. The Morgan fingerprint density at radius 3 is 2.86 bits per heavy atom. The molecule has 1 unspecified atom stereocenters. The normalized spacial score (nSPS) is 18.7. The molecular weight excluding hydrogens is 294 g/mol. The molecule has 2 aromatic rings. The standard InChI is InChI=1S/C18H23N3.ClH/c1-14-5-6-17(15(2)10-14)13-21-9-8-20-12-18(21)16-4-3-7-19-11-16;/h3-7,10-11,18,20H,8-9,12-13H2,1-2H3;1H. The third-order valence-electron chi connectivity index (χ3n) is 4.29. The zero-order chi connectivity index (χ0) is 14.7. The van der Waals surface area contributed by atoms with Gasteiger partial charge in [0, 0.05) is 44.6 Å². The topological polar surface area (TPSA) is 28.2 Å². The van der Waals surface area contributed by atoms with Crippen LogP contribution in [0, 0.1) is 13.8 Å². The summed E-state index contributed by atoms with van der Waals surface area (Å²) < 4.78 is 0. The molecule has 118 valence electrons. The van der Waals surface area contributed by atoms with Crippen LogP contribution in [0.2, 0.25) is 0 Å². The first-order valence-corrected chi connectivity index (χ1v) is 7.65. The van der Waals surface area contributed by atoms with Crippen LogP contribution in [0.15, 0.2) is 42.7 Å². The number of aromatic nitrogens is 1. The molecule has 1 aliphatic heterocycles. The Bertz CT molecular complexity index is 601. The molecule has 1 saturated heterocycles. The van der Waals surface area contributed by atoms with Crippen molar-refractivity contribution in [1.29, 1.82) is 0 Å². The summed E-state index contributed by atoms with van der Waals surface area (Å²) in [7, 11) is 0. The molecule has 1 atom stereocenters. The van der Waals surface area contributed by atoms with Crippen LogP contribution >= 0.6 is 12.4 Å². The van der Waals surface area contributed by atoms with Crippen molar-refractivity contribution in [3.63, 3.8) is 0 Å². The van der Waals surface area contributed by atoms with E-state index in [0.29, 0.717) is 6.04 Å². The van der Waals surface area contributed by atoms with Crippen molar-refractivity contribution in [2.45, 2.75) is 26.4 Å². The summed E-state index contributed by atoms with van der Waals surface area (Å²) >= 11 is 0. The Hall–Kier alpha value is -1.42. The maximum atomic E-state index is 4.28. The fraction of sp³-hybridized carbons (Fsp3) is 0.389. The molecule has 0 amide bonds. The number of rotatable bonds is 3. The molecular formula is C18H24ClN3. The molecule has 1 aromatic heterocycles. The first-order chi connectivity index (χ1) is 10.2. The minimum absolute atomic E-state index is 0. The molecule has 1 aromatic carbocycles. The molecule has 0 radical (unpaired) electrons. The van der Waals surface area contributed by atoms with Crippen molar-refractivity contribution < 1.29 is 0 Å². The van der Waals surface area contributed by atoms with E-state index in [0.717, 1.165) is 26.2 Å². The van der Waals surface area contributed by atoms with Gasteiger partial charge in [0.15, 0.2) is 0 Å². The van der Waals surface area contributed by atoms with Crippen molar-refractivity contribution in [2.24, 2.45) is 0 Å². The maximum absolute atomic E-state index is 4.28. The smallest absolute Gasteiger partial charge is 0.0491 e. The third kappa shape index (κ3) is 3.86. The highest BCUT2D eigenvalue weighted by Crippen LogP contribution is 2.24. The Kier molecular flexibility index (Phi) is 5.95. The summed E-state index contributed by atoms with van der Waals surface area (Å²) in [5.41, 5.74) is 5.45. The lowest BCUT2D eigenvalue weighted by Crippen LogP contribution is -2.45. The highest BCUT2D eigenvalue weighted by Gasteiger charge is 2.24. The van der Waals surface area contributed by atoms with Gasteiger partial charge in [0.05, 0.1) is 0 Å². The molecule has 3 nitrogen and oxygen atoms in total. The molecule has 3 rings (SSSR count). The summed E-state index contributed by atoms with van der Waals surface area (Å²) in [5.74, 6) is 0. The summed E-state index contributed by atoms with van der Waals surface area (Å²) in [6.07, 6.45) is 3.83. The number of hydrogen-bond donors (Lipinski definition) is 1. The summed E-state index contributed by atoms with van der Waals surface area (Å²) in [5, 5.41) is 3.50. The fourth-order valence-electron chi connectivity index (χ4n) is 3.08. The number of halogens is 1. The van der Waals surface area contributed by atoms with Gasteiger partial charge in [-0.3, -0.25) is 9.88 Å². The van der Waals surface area contributed by atoms with Crippen LogP contribution < -0.4 is 5.32 Å². The minimum Gasteiger partial charge on any atom is -0.314 e. The van der Waals surface area contributed by atoms with Gasteiger partial charge in [0.1, 0.15) is 0 Å². The highest BCUT2D eigenvalue weighted by atomic mass is 35.5. The molecule has 0 aliphatic carbocycles. The van der Waals surface area contributed by atoms with Gasteiger partial charge in [-0.25, -0.2) is 0 Å². The fourth-order valence-corrected chi connectivity index (χ4v) is 3.08. The van der Waals surface area contributed by atoms with Crippen molar-refractivity contribution in [1.82, 2.24) is 15.2 Å². The second-order valence-corrected chi connectivity index (χ2v) is 5.91. The van der Waals surface area contributed by atoms with E-state index in [1.165, 1.54) is 22.3 Å². The van der Waals surface area contributed by atoms with E-state index in [1.54, 1.807) is 0 Å². The number of piperazine rings is 1. The van der Waals surface area contributed by atoms with Gasteiger partial charge in [-0.05, 0) is 36.6 Å². The van der Waals surface area contributed by atoms with Gasteiger partial charge >= 0.3 is 0 Å². The van der Waals surface area contributed by atoms with Gasteiger partial charge < -0.3 is 5.32 Å². The van der Waals surface area contributed by atoms with Crippen LogP contribution in [0.25, 0.3) is 0 Å². The first kappa shape index (κ1) is 16.9. The van der Waals surface area contributed by atoms with Crippen molar-refractivity contribution in [2.75, 3.05) is 19.6 Å². The summed E-state index contributed by atoms with van der Waals surface area (Å²) in [4.78, 5) is 6.84. The molecule has 1 aliphatic rings. The van der Waals surface area contributed by atoms with Crippen molar-refractivity contribution in [3.8, 4) is 0 Å². The van der Waals surface area contributed by atoms with Crippen LogP contribution in [0.5, 0.6) is 0 Å². The Labute approximate surface area is 139 Å². The average molecular weight is 318 g/mol. The van der Waals surface area contributed by atoms with Gasteiger partial charge in [-0.1, -0.05) is 29.8 Å². The quantitative estimate of drug-likeness (QED) is 0.941. The van der Waals surface area contributed by atoms with Crippen LogP contribution in [0.3, 0.4) is 0 Å². The summed E-state index contributed by atoms with van der Waals surface area (Å²) in [6, 6.07) is 11.4. The lowest BCUT2D eigenvalue weighted by molar-refractivity contribution is 0.153. The molecule has 2 heterocycles. The largest absolute Gasteiger partial charge is 0.314 e. The zero-order valence-electron chi connectivity index (χ0n) is 13.2. The number of nitrogens with zero attached hydrogens (tertiary/aromatic N) is 2. The van der Waals surface area contributed by atoms with E-state index in [2.05, 4.69) is 53.3 Å². The number of aryl methyl sites for hydroxylation is 2. The van der Waals surface area contributed by atoms with Gasteiger partial charge in [-0.15, -0.1) is 12.4 Å². The van der Waals surface area contributed by atoms with Gasteiger partial charge in [0.2, 0.25) is 0 Å². The first-order valence-electron chi connectivity index (χ1n) is 7.65. The van der Waals surface area contributed by atoms with E-state index in [9.17, 15) is 0 Å². The third-order valence-corrected chi connectivity index (χ3v) is 4.29. The second kappa shape index (κ2) is 7.73. The molecule has 22 heavy (non-hydrogen) atoms. The molecule has 0 bridgehead atoms. The van der Waals surface area contributed by atoms with E-state index in [-0.39, 0.29) is 12.4 Å². The van der Waals surface area contributed by atoms with E-state index >= 15 is 0 Å². The van der Waals surface area contributed by atoms with Gasteiger partial charge in [0.25, 0.3) is 0 Å². The molecule has 4 heteroatoms. The van der Waals surface area contributed by atoms with E-state index in [1.807, 2.05) is 18.5 Å². The predicted octanol–water partition coefficient (Wildman–Crippen LogP) is 3.27. The predicted molar refractivity (Wildman–Crippen MR) is 93.4 cm³/mol. The average Bonchev–Trinajstić information content (AvgIpc) is 2.51. The molecule has 1 N–H and O–H groups in total. The monoisotopic (exact) mass is 317 g/mol. The van der Waals surface area contributed by atoms with Gasteiger partial charge in [-0.2, -0.15) is 0 Å². The number of hydrogen-bond acceptors (Lipinski definition) is 3. The summed E-state index contributed by atoms with van der Waals surface area (Å²) in [6.45, 7) is 8.50. The lowest BCUT2D eigenvalue weighted by Gasteiger charge is -2.36. The Morgan fingerprint density at radius 2 is 2.14 bits per heavy atom. The Balaban J connectivity index is 0.00000176. The molecule has 0 spiro atoms. The van der Waals surface area contributed by atoms with Crippen LogP contribution in [0.4, 0.5) is 0 Å². The van der Waals surface area contributed by atoms with Crippen LogP contribution in [0.1, 0.15) is 28.3 Å². The number of benzene rings is 1. The molecule has 1 fully saturated rings. The molecule has 0 saturated carbocycles. The van der Waals surface area contributed by atoms with Crippen LogP contribution in [-0.4, -0.2) is 29.5 Å². The number of pyridine rings is 1. The maximum Gasteiger partial charge on any atom is 0.0491 e. The van der Waals surface area contributed by atoms with Crippen molar-refractivity contribution in [3.05, 3.63) is 65.0 Å². The van der Waals surface area contributed by atoms with E-state index in [4.69, 9.17) is 0 Å².